The molecular weight excluding hydrogens is 449 g/mol. The van der Waals surface area contributed by atoms with Crippen LogP contribution < -0.4 is 11.1 Å². The van der Waals surface area contributed by atoms with Crippen molar-refractivity contribution >= 4 is 35.6 Å². The topological polar surface area (TPSA) is 68.2 Å². The molecule has 0 saturated heterocycles. The summed E-state index contributed by atoms with van der Waals surface area (Å²) >= 11 is 0. The Hall–Kier alpha value is -2.35. The maximum Gasteiger partial charge on any atom is 0.193 e. The van der Waals surface area contributed by atoms with E-state index in [1.165, 1.54) is 11.1 Å². The van der Waals surface area contributed by atoms with Crippen molar-refractivity contribution in [2.24, 2.45) is 10.7 Å². The first kappa shape index (κ1) is 21.0. The highest BCUT2D eigenvalue weighted by molar-refractivity contribution is 14.0. The van der Waals surface area contributed by atoms with Crippen LogP contribution in [0.3, 0.4) is 0 Å². The summed E-state index contributed by atoms with van der Waals surface area (Å²) in [6.45, 7) is 4.78. The van der Waals surface area contributed by atoms with E-state index in [1.54, 1.807) is 0 Å². The maximum absolute atomic E-state index is 5.97. The van der Waals surface area contributed by atoms with Crippen molar-refractivity contribution in [3.05, 3.63) is 77.6 Å². The second kappa shape index (κ2) is 10.1. The van der Waals surface area contributed by atoms with Crippen LogP contribution in [0.5, 0.6) is 0 Å². The van der Waals surface area contributed by atoms with Gasteiger partial charge in [-0.3, -0.25) is 4.99 Å². The van der Waals surface area contributed by atoms with E-state index in [-0.39, 0.29) is 24.0 Å². The van der Waals surface area contributed by atoms with Crippen LogP contribution in [0, 0.1) is 13.8 Å². The minimum atomic E-state index is 0. The van der Waals surface area contributed by atoms with Crippen LogP contribution in [-0.2, 0) is 6.42 Å². The van der Waals surface area contributed by atoms with Crippen molar-refractivity contribution < 1.29 is 0 Å². The minimum Gasteiger partial charge on any atom is -0.370 e. The Morgan fingerprint density at radius 1 is 1.11 bits per heavy atom. The number of benzene rings is 2. The van der Waals surface area contributed by atoms with Gasteiger partial charge in [-0.15, -0.1) is 24.0 Å². The first-order chi connectivity index (χ1) is 12.6. The first-order valence-electron chi connectivity index (χ1n) is 8.86. The number of guanidine groups is 1. The minimum absolute atomic E-state index is 0. The van der Waals surface area contributed by atoms with Crippen molar-refractivity contribution in [2.75, 3.05) is 11.9 Å². The standard InChI is InChI=1S/C21H25N5.HI/c1-16-8-6-10-19(14-16)24-21(22)23-13-7-9-18-15-26(25-17(18)2)20-11-4-3-5-12-20;/h3-6,8,10-12,14-15H,7,9,13H2,1-2H3,(H3,22,23,24);1H. The number of aryl methyl sites for hydroxylation is 3. The number of aromatic nitrogens is 2. The molecule has 3 aromatic rings. The molecule has 0 bridgehead atoms. The van der Waals surface area contributed by atoms with Gasteiger partial charge in [0.2, 0.25) is 0 Å². The van der Waals surface area contributed by atoms with Crippen LogP contribution in [0.1, 0.15) is 23.2 Å². The molecule has 0 atom stereocenters. The smallest absolute Gasteiger partial charge is 0.193 e. The SMILES string of the molecule is Cc1cccc(NC(N)=NCCCc2cn(-c3ccccc3)nc2C)c1.I. The molecule has 0 amide bonds. The van der Waals surface area contributed by atoms with Gasteiger partial charge in [0.1, 0.15) is 0 Å². The lowest BCUT2D eigenvalue weighted by Gasteiger charge is -2.06. The second-order valence-corrected chi connectivity index (χ2v) is 6.38. The van der Waals surface area contributed by atoms with E-state index in [1.807, 2.05) is 48.0 Å². The lowest BCUT2D eigenvalue weighted by Crippen LogP contribution is -2.22. The Bertz CT molecular complexity index is 887. The van der Waals surface area contributed by atoms with Crippen molar-refractivity contribution in [3.63, 3.8) is 0 Å². The van der Waals surface area contributed by atoms with Crippen molar-refractivity contribution in [3.8, 4) is 5.69 Å². The number of hydrogen-bond acceptors (Lipinski definition) is 2. The Morgan fingerprint density at radius 3 is 2.63 bits per heavy atom. The van der Waals surface area contributed by atoms with Crippen LogP contribution in [0.2, 0.25) is 0 Å². The molecule has 1 heterocycles. The lowest BCUT2D eigenvalue weighted by atomic mass is 10.1. The van der Waals surface area contributed by atoms with Crippen LogP contribution in [-0.4, -0.2) is 22.3 Å². The van der Waals surface area contributed by atoms with Gasteiger partial charge in [0.05, 0.1) is 11.4 Å². The third-order valence-electron chi connectivity index (χ3n) is 4.20. The second-order valence-electron chi connectivity index (χ2n) is 6.38. The Kier molecular flexibility index (Phi) is 7.84. The Balaban J connectivity index is 0.00000261. The van der Waals surface area contributed by atoms with E-state index >= 15 is 0 Å². The molecule has 0 fully saturated rings. The average Bonchev–Trinajstić information content (AvgIpc) is 3.00. The number of para-hydroxylation sites is 1. The summed E-state index contributed by atoms with van der Waals surface area (Å²) in [7, 11) is 0. The number of anilines is 1. The molecule has 3 N–H and O–H groups in total. The molecule has 3 rings (SSSR count). The zero-order valence-electron chi connectivity index (χ0n) is 15.7. The number of nitrogens with one attached hydrogen (secondary N) is 1. The molecular formula is C21H26IN5. The van der Waals surface area contributed by atoms with Gasteiger partial charge in [0.15, 0.2) is 5.96 Å². The maximum atomic E-state index is 5.97. The molecule has 1 aromatic heterocycles. The summed E-state index contributed by atoms with van der Waals surface area (Å²) in [4.78, 5) is 4.41. The van der Waals surface area contributed by atoms with Crippen LogP contribution >= 0.6 is 24.0 Å². The lowest BCUT2D eigenvalue weighted by molar-refractivity contribution is 0.827. The highest BCUT2D eigenvalue weighted by Crippen LogP contribution is 2.13. The predicted molar refractivity (Wildman–Crippen MR) is 123 cm³/mol. The largest absolute Gasteiger partial charge is 0.370 e. The summed E-state index contributed by atoms with van der Waals surface area (Å²) in [5.41, 5.74) is 11.5. The van der Waals surface area contributed by atoms with E-state index in [4.69, 9.17) is 5.73 Å². The summed E-state index contributed by atoms with van der Waals surface area (Å²) < 4.78 is 1.93. The van der Waals surface area contributed by atoms with Crippen molar-refractivity contribution in [2.45, 2.75) is 26.7 Å². The number of nitrogens with two attached hydrogens (primary N) is 1. The predicted octanol–water partition coefficient (Wildman–Crippen LogP) is 4.47. The molecule has 6 heteroatoms. The van der Waals surface area contributed by atoms with Gasteiger partial charge in [0.25, 0.3) is 0 Å². The fraction of sp³-hybridized carbons (Fsp3) is 0.238. The van der Waals surface area contributed by atoms with Gasteiger partial charge in [0, 0.05) is 18.4 Å². The molecule has 0 aliphatic heterocycles. The molecule has 27 heavy (non-hydrogen) atoms. The summed E-state index contributed by atoms with van der Waals surface area (Å²) in [6, 6.07) is 18.2. The van der Waals surface area contributed by atoms with E-state index in [9.17, 15) is 0 Å². The monoisotopic (exact) mass is 475 g/mol. The van der Waals surface area contributed by atoms with Crippen LogP contribution in [0.4, 0.5) is 5.69 Å². The number of aliphatic imine (C=N–C) groups is 1. The molecule has 0 saturated carbocycles. The normalized spacial score (nSPS) is 11.1. The number of hydrogen-bond donors (Lipinski definition) is 2. The van der Waals surface area contributed by atoms with E-state index in [0.717, 1.165) is 29.9 Å². The molecule has 2 aromatic carbocycles. The van der Waals surface area contributed by atoms with E-state index in [0.29, 0.717) is 12.5 Å². The molecule has 0 spiro atoms. The zero-order chi connectivity index (χ0) is 18.4. The number of nitrogens with zero attached hydrogens (tertiary/aromatic N) is 3. The first-order valence-corrected chi connectivity index (χ1v) is 8.86. The van der Waals surface area contributed by atoms with Gasteiger partial charge < -0.3 is 11.1 Å². The van der Waals surface area contributed by atoms with E-state index < -0.39 is 0 Å². The summed E-state index contributed by atoms with van der Waals surface area (Å²) in [6.07, 6.45) is 3.96. The van der Waals surface area contributed by atoms with E-state index in [2.05, 4.69) is 46.7 Å². The van der Waals surface area contributed by atoms with Gasteiger partial charge in [-0.05, 0) is 62.1 Å². The summed E-state index contributed by atoms with van der Waals surface area (Å²) in [5, 5.41) is 7.73. The summed E-state index contributed by atoms with van der Waals surface area (Å²) in [5.74, 6) is 0.451. The van der Waals surface area contributed by atoms with Crippen molar-refractivity contribution in [1.29, 1.82) is 0 Å². The Morgan fingerprint density at radius 2 is 1.89 bits per heavy atom. The molecule has 0 unspecified atom stereocenters. The Labute approximate surface area is 177 Å². The molecule has 0 aliphatic carbocycles. The fourth-order valence-electron chi connectivity index (χ4n) is 2.83. The molecule has 5 nitrogen and oxygen atoms in total. The number of halogens is 1. The van der Waals surface area contributed by atoms with Crippen molar-refractivity contribution in [1.82, 2.24) is 9.78 Å². The zero-order valence-corrected chi connectivity index (χ0v) is 18.1. The van der Waals surface area contributed by atoms with Crippen LogP contribution in [0.25, 0.3) is 5.69 Å². The van der Waals surface area contributed by atoms with Gasteiger partial charge in [-0.1, -0.05) is 30.3 Å². The van der Waals surface area contributed by atoms with Gasteiger partial charge >= 0.3 is 0 Å². The quantitative estimate of drug-likeness (QED) is 0.239. The molecule has 0 aliphatic rings. The average molecular weight is 475 g/mol. The number of rotatable bonds is 6. The van der Waals surface area contributed by atoms with Gasteiger partial charge in [-0.25, -0.2) is 4.68 Å². The third-order valence-corrected chi connectivity index (χ3v) is 4.20. The molecule has 0 radical (unpaired) electrons. The van der Waals surface area contributed by atoms with Crippen LogP contribution in [0.15, 0.2) is 65.8 Å². The highest BCUT2D eigenvalue weighted by atomic mass is 127. The molecule has 142 valence electrons. The van der Waals surface area contributed by atoms with Gasteiger partial charge in [-0.2, -0.15) is 5.10 Å². The highest BCUT2D eigenvalue weighted by Gasteiger charge is 2.06. The third kappa shape index (κ3) is 6.09. The fourth-order valence-corrected chi connectivity index (χ4v) is 2.83.